The van der Waals surface area contributed by atoms with Crippen molar-refractivity contribution in [2.24, 2.45) is 5.92 Å². The Bertz CT molecular complexity index is 327. The highest BCUT2D eigenvalue weighted by molar-refractivity contribution is 5.47. The third-order valence-electron chi connectivity index (χ3n) is 3.41. The van der Waals surface area contributed by atoms with Crippen LogP contribution >= 0.6 is 0 Å². The van der Waals surface area contributed by atoms with E-state index in [0.29, 0.717) is 0 Å². The van der Waals surface area contributed by atoms with E-state index >= 15 is 0 Å². The molecule has 0 aromatic heterocycles. The molecular weight excluding hydrogens is 196 g/mol. The maximum absolute atomic E-state index is 3.42. The van der Waals surface area contributed by atoms with Crippen molar-refractivity contribution in [1.82, 2.24) is 5.32 Å². The summed E-state index contributed by atoms with van der Waals surface area (Å²) < 4.78 is 0. The van der Waals surface area contributed by atoms with Gasteiger partial charge in [0.15, 0.2) is 0 Å². The van der Waals surface area contributed by atoms with Gasteiger partial charge >= 0.3 is 0 Å². The van der Waals surface area contributed by atoms with Crippen molar-refractivity contribution in [3.8, 4) is 0 Å². The van der Waals surface area contributed by atoms with E-state index in [9.17, 15) is 0 Å². The normalized spacial score (nSPS) is 17.4. The topological polar surface area (TPSA) is 15.3 Å². The van der Waals surface area contributed by atoms with Crippen LogP contribution in [0.25, 0.3) is 0 Å². The van der Waals surface area contributed by atoms with Gasteiger partial charge in [-0.15, -0.1) is 0 Å². The van der Waals surface area contributed by atoms with Crippen molar-refractivity contribution in [2.75, 3.05) is 32.1 Å². The predicted octanol–water partition coefficient (Wildman–Crippen LogP) is 2.29. The summed E-state index contributed by atoms with van der Waals surface area (Å²) in [7, 11) is 4.20. The highest BCUT2D eigenvalue weighted by Crippen LogP contribution is 2.20. The Hall–Kier alpha value is -1.02. The maximum atomic E-state index is 3.42. The fourth-order valence-corrected chi connectivity index (χ4v) is 2.38. The molecule has 0 radical (unpaired) electrons. The van der Waals surface area contributed by atoms with E-state index in [4.69, 9.17) is 0 Å². The largest absolute Gasteiger partial charge is 0.378 e. The molecule has 88 valence electrons. The van der Waals surface area contributed by atoms with Crippen LogP contribution in [0.5, 0.6) is 0 Å². The number of piperidine rings is 1. The first-order valence-electron chi connectivity index (χ1n) is 6.22. The average Bonchev–Trinajstić information content (AvgIpc) is 2.30. The van der Waals surface area contributed by atoms with Gasteiger partial charge in [-0.25, -0.2) is 0 Å². The molecule has 0 amide bonds. The monoisotopic (exact) mass is 218 g/mol. The number of benzene rings is 1. The zero-order chi connectivity index (χ0) is 11.4. The van der Waals surface area contributed by atoms with Crippen molar-refractivity contribution in [2.45, 2.75) is 19.3 Å². The molecule has 0 spiro atoms. The minimum absolute atomic E-state index is 0.874. The van der Waals surface area contributed by atoms with E-state index < -0.39 is 0 Å². The van der Waals surface area contributed by atoms with E-state index in [1.54, 1.807) is 0 Å². The SMILES string of the molecule is CN(C)c1cccc(CC2CCNCC2)c1. The summed E-state index contributed by atoms with van der Waals surface area (Å²) in [5.41, 5.74) is 2.80. The first-order chi connectivity index (χ1) is 7.75. The highest BCUT2D eigenvalue weighted by Gasteiger charge is 2.13. The average molecular weight is 218 g/mol. The Kier molecular flexibility index (Phi) is 3.83. The second-order valence-corrected chi connectivity index (χ2v) is 4.96. The molecule has 16 heavy (non-hydrogen) atoms. The van der Waals surface area contributed by atoms with E-state index in [1.807, 2.05) is 0 Å². The van der Waals surface area contributed by atoms with Crippen molar-refractivity contribution in [3.05, 3.63) is 29.8 Å². The predicted molar refractivity (Wildman–Crippen MR) is 70.1 cm³/mol. The highest BCUT2D eigenvalue weighted by atomic mass is 15.1. The fourth-order valence-electron chi connectivity index (χ4n) is 2.38. The number of nitrogens with one attached hydrogen (secondary N) is 1. The minimum Gasteiger partial charge on any atom is -0.378 e. The Morgan fingerprint density at radius 3 is 2.69 bits per heavy atom. The smallest absolute Gasteiger partial charge is 0.0363 e. The lowest BCUT2D eigenvalue weighted by atomic mass is 9.91. The van der Waals surface area contributed by atoms with Crippen LogP contribution in [-0.4, -0.2) is 27.2 Å². The van der Waals surface area contributed by atoms with Gasteiger partial charge in [-0.2, -0.15) is 0 Å². The van der Waals surface area contributed by atoms with Crippen LogP contribution in [0, 0.1) is 5.92 Å². The van der Waals surface area contributed by atoms with Crippen LogP contribution < -0.4 is 10.2 Å². The first kappa shape index (κ1) is 11.5. The van der Waals surface area contributed by atoms with Crippen LogP contribution in [0.2, 0.25) is 0 Å². The van der Waals surface area contributed by atoms with Gasteiger partial charge in [0, 0.05) is 19.8 Å². The van der Waals surface area contributed by atoms with Crippen molar-refractivity contribution < 1.29 is 0 Å². The van der Waals surface area contributed by atoms with Crippen molar-refractivity contribution >= 4 is 5.69 Å². The van der Waals surface area contributed by atoms with E-state index in [1.165, 1.54) is 43.6 Å². The molecule has 1 N–H and O–H groups in total. The van der Waals surface area contributed by atoms with Gasteiger partial charge in [-0.1, -0.05) is 12.1 Å². The third kappa shape index (κ3) is 2.99. The second kappa shape index (κ2) is 5.35. The van der Waals surface area contributed by atoms with Crippen molar-refractivity contribution in [3.63, 3.8) is 0 Å². The van der Waals surface area contributed by atoms with Gasteiger partial charge in [0.1, 0.15) is 0 Å². The van der Waals surface area contributed by atoms with Crippen LogP contribution in [0.3, 0.4) is 0 Å². The Morgan fingerprint density at radius 2 is 2.00 bits per heavy atom. The molecule has 1 heterocycles. The van der Waals surface area contributed by atoms with Crippen LogP contribution in [-0.2, 0) is 6.42 Å². The Morgan fingerprint density at radius 1 is 1.25 bits per heavy atom. The summed E-state index contributed by atoms with van der Waals surface area (Å²) >= 11 is 0. The lowest BCUT2D eigenvalue weighted by Crippen LogP contribution is -2.28. The summed E-state index contributed by atoms with van der Waals surface area (Å²) in [6.45, 7) is 2.38. The van der Waals surface area contributed by atoms with Crippen molar-refractivity contribution in [1.29, 1.82) is 0 Å². The lowest BCUT2D eigenvalue weighted by Gasteiger charge is -2.23. The molecule has 2 rings (SSSR count). The van der Waals surface area contributed by atoms with Gasteiger partial charge in [0.2, 0.25) is 0 Å². The zero-order valence-electron chi connectivity index (χ0n) is 10.4. The summed E-state index contributed by atoms with van der Waals surface area (Å²) in [5, 5.41) is 3.42. The second-order valence-electron chi connectivity index (χ2n) is 4.96. The quantitative estimate of drug-likeness (QED) is 0.837. The molecule has 2 heteroatoms. The summed E-state index contributed by atoms with van der Waals surface area (Å²) in [6, 6.07) is 8.93. The molecule has 1 fully saturated rings. The first-order valence-corrected chi connectivity index (χ1v) is 6.22. The Balaban J connectivity index is 2.00. The molecule has 1 saturated heterocycles. The van der Waals surface area contributed by atoms with Crippen LogP contribution in [0.15, 0.2) is 24.3 Å². The molecule has 1 aromatic carbocycles. The van der Waals surface area contributed by atoms with Gasteiger partial charge in [-0.3, -0.25) is 0 Å². The molecule has 0 aliphatic carbocycles. The summed E-state index contributed by atoms with van der Waals surface area (Å²) in [4.78, 5) is 2.17. The molecule has 0 bridgehead atoms. The van der Waals surface area contributed by atoms with E-state index in [2.05, 4.69) is 48.6 Å². The van der Waals surface area contributed by atoms with E-state index in [-0.39, 0.29) is 0 Å². The standard InChI is InChI=1S/C14H22N2/c1-16(2)14-5-3-4-13(11-14)10-12-6-8-15-9-7-12/h3-5,11-12,15H,6-10H2,1-2H3. The van der Waals surface area contributed by atoms with Gasteiger partial charge in [-0.05, 0) is 56.0 Å². The molecular formula is C14H22N2. The van der Waals surface area contributed by atoms with Gasteiger partial charge < -0.3 is 10.2 Å². The molecule has 0 unspecified atom stereocenters. The van der Waals surface area contributed by atoms with Crippen LogP contribution in [0.4, 0.5) is 5.69 Å². The maximum Gasteiger partial charge on any atom is 0.0363 e. The molecule has 1 aliphatic heterocycles. The molecule has 1 aromatic rings. The third-order valence-corrected chi connectivity index (χ3v) is 3.41. The van der Waals surface area contributed by atoms with E-state index in [0.717, 1.165) is 5.92 Å². The number of nitrogens with zero attached hydrogens (tertiary/aromatic N) is 1. The summed E-state index contributed by atoms with van der Waals surface area (Å²) in [6.07, 6.45) is 3.89. The zero-order valence-corrected chi connectivity index (χ0v) is 10.4. The van der Waals surface area contributed by atoms with Crippen LogP contribution in [0.1, 0.15) is 18.4 Å². The lowest BCUT2D eigenvalue weighted by molar-refractivity contribution is 0.372. The summed E-state index contributed by atoms with van der Waals surface area (Å²) in [5.74, 6) is 0.874. The number of hydrogen-bond acceptors (Lipinski definition) is 2. The number of rotatable bonds is 3. The molecule has 0 saturated carbocycles. The fraction of sp³-hybridized carbons (Fsp3) is 0.571. The number of hydrogen-bond donors (Lipinski definition) is 1. The molecule has 2 nitrogen and oxygen atoms in total. The van der Waals surface area contributed by atoms with Gasteiger partial charge in [0.05, 0.1) is 0 Å². The molecule has 1 aliphatic rings. The molecule has 0 atom stereocenters. The van der Waals surface area contributed by atoms with Gasteiger partial charge in [0.25, 0.3) is 0 Å². The Labute approximate surface area is 98.7 Å². The number of anilines is 1. The minimum atomic E-state index is 0.874.